The number of ether oxygens (including phenoxy) is 1. The number of carbonyl (C=O) groups is 2. The molecule has 0 unspecified atom stereocenters. The first-order chi connectivity index (χ1) is 18.8. The van der Waals surface area contributed by atoms with E-state index in [0.717, 1.165) is 12.0 Å². The van der Waals surface area contributed by atoms with Crippen molar-refractivity contribution in [3.63, 3.8) is 0 Å². The van der Waals surface area contributed by atoms with Crippen molar-refractivity contribution in [1.82, 2.24) is 20.2 Å². The largest absolute Gasteiger partial charge is 0.457 e. The van der Waals surface area contributed by atoms with Crippen molar-refractivity contribution in [2.24, 2.45) is 0 Å². The number of nitrogens with zero attached hydrogens (tertiary/aromatic N) is 3. The quantitative estimate of drug-likeness (QED) is 0.253. The maximum absolute atomic E-state index is 13.5. The zero-order valence-electron chi connectivity index (χ0n) is 21.0. The predicted molar refractivity (Wildman–Crippen MR) is 153 cm³/mol. The number of hydrogen-bond acceptors (Lipinski definition) is 5. The van der Waals surface area contributed by atoms with E-state index in [4.69, 9.17) is 39.5 Å². The first kappa shape index (κ1) is 27.2. The standard InChI is InChI=1S/C29H25Cl3N4O3/c1-18-26(28(37)34-35-15-5-8-23(17-35)39-29(38)20-6-3-2-4-7-20)33-36(25-14-13-22(31)16-24(25)32)27(18)19-9-11-21(30)12-10-19/h2-4,6-7,9-14,16,23H,5,8,15,17H2,1H3,(H,34,37)/t23-/m0/s1. The molecule has 0 bridgehead atoms. The van der Waals surface area contributed by atoms with Crippen molar-refractivity contribution in [3.05, 3.63) is 105 Å². The molecular weight excluding hydrogens is 559 g/mol. The Morgan fingerprint density at radius 1 is 0.974 bits per heavy atom. The Labute approximate surface area is 241 Å². The molecule has 39 heavy (non-hydrogen) atoms. The number of halogens is 3. The number of aromatic nitrogens is 2. The SMILES string of the molecule is Cc1c(C(=O)NN2CCC[C@H](OC(=O)c3ccccc3)C2)nn(-c2ccc(Cl)cc2Cl)c1-c1ccc(Cl)cc1. The van der Waals surface area contributed by atoms with Crippen LogP contribution in [-0.4, -0.2) is 45.9 Å². The van der Waals surface area contributed by atoms with Gasteiger partial charge in [0.2, 0.25) is 0 Å². The van der Waals surface area contributed by atoms with Crippen LogP contribution in [0.25, 0.3) is 16.9 Å². The second kappa shape index (κ2) is 11.8. The smallest absolute Gasteiger partial charge is 0.338 e. The molecule has 0 saturated carbocycles. The molecule has 1 aliphatic rings. The van der Waals surface area contributed by atoms with E-state index in [1.54, 1.807) is 64.3 Å². The maximum atomic E-state index is 13.5. The van der Waals surface area contributed by atoms with Crippen molar-refractivity contribution in [2.75, 3.05) is 13.1 Å². The van der Waals surface area contributed by atoms with Gasteiger partial charge >= 0.3 is 5.97 Å². The fourth-order valence-electron chi connectivity index (χ4n) is 4.61. The molecule has 1 N–H and O–H groups in total. The van der Waals surface area contributed by atoms with Crippen molar-refractivity contribution in [2.45, 2.75) is 25.9 Å². The van der Waals surface area contributed by atoms with Crippen LogP contribution in [-0.2, 0) is 4.74 Å². The summed E-state index contributed by atoms with van der Waals surface area (Å²) in [7, 11) is 0. The molecule has 1 aromatic heterocycles. The molecule has 10 heteroatoms. The van der Waals surface area contributed by atoms with Crippen LogP contribution in [0, 0.1) is 6.92 Å². The van der Waals surface area contributed by atoms with Crippen LogP contribution in [0.15, 0.2) is 72.8 Å². The number of hydrogen-bond donors (Lipinski definition) is 1. The van der Waals surface area contributed by atoms with Crippen molar-refractivity contribution >= 4 is 46.7 Å². The minimum atomic E-state index is -0.379. The van der Waals surface area contributed by atoms with Crippen LogP contribution in [0.2, 0.25) is 15.1 Å². The molecule has 0 radical (unpaired) electrons. The predicted octanol–water partition coefficient (Wildman–Crippen LogP) is 6.77. The highest BCUT2D eigenvalue weighted by Gasteiger charge is 2.28. The second-order valence-electron chi connectivity index (χ2n) is 9.26. The minimum absolute atomic E-state index is 0.245. The summed E-state index contributed by atoms with van der Waals surface area (Å²) in [6, 6.07) is 21.3. The Morgan fingerprint density at radius 3 is 2.41 bits per heavy atom. The Balaban J connectivity index is 1.39. The van der Waals surface area contributed by atoms with E-state index in [0.29, 0.717) is 57.1 Å². The number of nitrogens with one attached hydrogen (secondary N) is 1. The van der Waals surface area contributed by atoms with Gasteiger partial charge in [-0.2, -0.15) is 5.10 Å². The lowest BCUT2D eigenvalue weighted by Crippen LogP contribution is -2.50. The van der Waals surface area contributed by atoms with E-state index in [2.05, 4.69) is 10.5 Å². The zero-order valence-corrected chi connectivity index (χ0v) is 23.3. The molecular formula is C29H25Cl3N4O3. The molecule has 0 spiro atoms. The summed E-state index contributed by atoms with van der Waals surface area (Å²) in [6.07, 6.45) is 1.13. The summed E-state index contributed by atoms with van der Waals surface area (Å²) in [6.45, 7) is 2.84. The van der Waals surface area contributed by atoms with Gasteiger partial charge in [-0.15, -0.1) is 0 Å². The lowest BCUT2D eigenvalue weighted by molar-refractivity contribution is -0.00205. The molecule has 1 fully saturated rings. The maximum Gasteiger partial charge on any atom is 0.338 e. The Morgan fingerprint density at radius 2 is 1.69 bits per heavy atom. The van der Waals surface area contributed by atoms with E-state index in [1.807, 2.05) is 25.1 Å². The van der Waals surface area contributed by atoms with Gasteiger partial charge in [0, 0.05) is 27.7 Å². The number of piperidine rings is 1. The van der Waals surface area contributed by atoms with Crippen LogP contribution in [0.5, 0.6) is 0 Å². The topological polar surface area (TPSA) is 76.5 Å². The normalized spacial score (nSPS) is 15.6. The van der Waals surface area contributed by atoms with Gasteiger partial charge in [0.15, 0.2) is 5.69 Å². The molecule has 1 amide bonds. The first-order valence-electron chi connectivity index (χ1n) is 12.4. The molecule has 3 aromatic carbocycles. The molecule has 1 aliphatic heterocycles. The third kappa shape index (κ3) is 6.12. The molecule has 5 rings (SSSR count). The molecule has 200 valence electrons. The van der Waals surface area contributed by atoms with E-state index in [-0.39, 0.29) is 23.7 Å². The monoisotopic (exact) mass is 582 g/mol. The number of carbonyl (C=O) groups excluding carboxylic acids is 2. The number of esters is 1. The van der Waals surface area contributed by atoms with Gasteiger partial charge in [0.05, 0.1) is 28.5 Å². The van der Waals surface area contributed by atoms with Crippen LogP contribution >= 0.6 is 34.8 Å². The summed E-state index contributed by atoms with van der Waals surface area (Å²) < 4.78 is 7.35. The van der Waals surface area contributed by atoms with E-state index in [1.165, 1.54) is 0 Å². The van der Waals surface area contributed by atoms with Gasteiger partial charge in [0.1, 0.15) is 6.10 Å². The summed E-state index contributed by atoms with van der Waals surface area (Å²) in [5.41, 5.74) is 6.46. The fraction of sp³-hybridized carbons (Fsp3) is 0.207. The van der Waals surface area contributed by atoms with Crippen LogP contribution in [0.3, 0.4) is 0 Å². The highest BCUT2D eigenvalue weighted by Crippen LogP contribution is 2.33. The average Bonchev–Trinajstić information content (AvgIpc) is 3.26. The fourth-order valence-corrected chi connectivity index (χ4v) is 5.23. The second-order valence-corrected chi connectivity index (χ2v) is 10.5. The molecule has 0 aliphatic carbocycles. The van der Waals surface area contributed by atoms with E-state index >= 15 is 0 Å². The number of rotatable bonds is 6. The van der Waals surface area contributed by atoms with Crippen molar-refractivity contribution < 1.29 is 14.3 Å². The van der Waals surface area contributed by atoms with E-state index in [9.17, 15) is 9.59 Å². The summed E-state index contributed by atoms with van der Waals surface area (Å²) in [5, 5.41) is 7.92. The zero-order chi connectivity index (χ0) is 27.5. The van der Waals surface area contributed by atoms with Crippen LogP contribution in [0.1, 0.15) is 39.3 Å². The molecule has 7 nitrogen and oxygen atoms in total. The van der Waals surface area contributed by atoms with E-state index < -0.39 is 0 Å². The van der Waals surface area contributed by atoms with Crippen molar-refractivity contribution in [1.29, 1.82) is 0 Å². The van der Waals surface area contributed by atoms with Crippen LogP contribution in [0.4, 0.5) is 0 Å². The molecule has 4 aromatic rings. The number of amides is 1. The summed E-state index contributed by atoms with van der Waals surface area (Å²) >= 11 is 18.8. The van der Waals surface area contributed by atoms with Gasteiger partial charge in [-0.05, 0) is 62.2 Å². The van der Waals surface area contributed by atoms with Gasteiger partial charge in [-0.3, -0.25) is 10.2 Å². The van der Waals surface area contributed by atoms with Crippen LogP contribution < -0.4 is 5.43 Å². The molecule has 1 saturated heterocycles. The summed E-state index contributed by atoms with van der Waals surface area (Å²) in [4.78, 5) is 26.0. The third-order valence-corrected chi connectivity index (χ3v) is 7.30. The minimum Gasteiger partial charge on any atom is -0.457 e. The highest BCUT2D eigenvalue weighted by molar-refractivity contribution is 6.35. The lowest BCUT2D eigenvalue weighted by atomic mass is 10.1. The van der Waals surface area contributed by atoms with Crippen molar-refractivity contribution in [3.8, 4) is 16.9 Å². The average molecular weight is 584 g/mol. The van der Waals surface area contributed by atoms with Gasteiger partial charge in [-0.25, -0.2) is 14.5 Å². The molecule has 2 heterocycles. The Kier molecular flexibility index (Phi) is 8.23. The van der Waals surface area contributed by atoms with Gasteiger partial charge in [-0.1, -0.05) is 65.1 Å². The first-order valence-corrected chi connectivity index (χ1v) is 13.6. The number of hydrazine groups is 1. The number of benzene rings is 3. The highest BCUT2D eigenvalue weighted by atomic mass is 35.5. The Hall–Kier alpha value is -3.36. The third-order valence-electron chi connectivity index (χ3n) is 6.51. The Bertz CT molecular complexity index is 1510. The molecule has 1 atom stereocenters. The van der Waals surface area contributed by atoms with Gasteiger partial charge in [0.25, 0.3) is 5.91 Å². The summed E-state index contributed by atoms with van der Waals surface area (Å²) in [5.74, 6) is -0.752. The van der Waals surface area contributed by atoms with Gasteiger partial charge < -0.3 is 4.74 Å². The lowest BCUT2D eigenvalue weighted by Gasteiger charge is -2.32.